The molecule has 0 saturated heterocycles. The maximum absolute atomic E-state index is 13.4. The summed E-state index contributed by atoms with van der Waals surface area (Å²) in [4.78, 5) is 0. The van der Waals surface area contributed by atoms with Gasteiger partial charge in [-0.1, -0.05) is 33.1 Å². The minimum Gasteiger partial charge on any atom is -0.382 e. The van der Waals surface area contributed by atoms with Crippen LogP contribution in [0.4, 0.5) is 18.9 Å². The van der Waals surface area contributed by atoms with Gasteiger partial charge in [0, 0.05) is 18.7 Å². The molecular formula is C14H20F3N. The predicted octanol–water partition coefficient (Wildman–Crippen LogP) is 4.73. The molecule has 0 aliphatic carbocycles. The van der Waals surface area contributed by atoms with Crippen molar-refractivity contribution in [3.05, 3.63) is 29.6 Å². The summed E-state index contributed by atoms with van der Waals surface area (Å²) in [6.07, 6.45) is 4.23. The van der Waals surface area contributed by atoms with Crippen LogP contribution in [0.5, 0.6) is 0 Å². The highest BCUT2D eigenvalue weighted by Crippen LogP contribution is 2.21. The first-order chi connectivity index (χ1) is 8.58. The van der Waals surface area contributed by atoms with Crippen molar-refractivity contribution >= 4 is 5.69 Å². The lowest BCUT2D eigenvalue weighted by molar-refractivity contribution is 0.467. The molecule has 0 aromatic heterocycles. The van der Waals surface area contributed by atoms with E-state index in [0.29, 0.717) is 18.5 Å². The third-order valence-electron chi connectivity index (χ3n) is 3.12. The molecule has 1 atom stereocenters. The second-order valence-electron chi connectivity index (χ2n) is 4.55. The monoisotopic (exact) mass is 259 g/mol. The highest BCUT2D eigenvalue weighted by molar-refractivity contribution is 5.45. The van der Waals surface area contributed by atoms with E-state index >= 15 is 0 Å². The summed E-state index contributed by atoms with van der Waals surface area (Å²) in [6.45, 7) is 4.71. The quantitative estimate of drug-likeness (QED) is 0.698. The van der Waals surface area contributed by atoms with Gasteiger partial charge < -0.3 is 5.32 Å². The highest BCUT2D eigenvalue weighted by atomic mass is 19.2. The fourth-order valence-corrected chi connectivity index (χ4v) is 1.88. The van der Waals surface area contributed by atoms with Crippen molar-refractivity contribution in [3.8, 4) is 0 Å². The van der Waals surface area contributed by atoms with Crippen LogP contribution in [0.15, 0.2) is 12.1 Å². The predicted molar refractivity (Wildman–Crippen MR) is 68.1 cm³/mol. The molecule has 1 rings (SSSR count). The largest absolute Gasteiger partial charge is 0.382 e. The van der Waals surface area contributed by atoms with Crippen LogP contribution in [-0.4, -0.2) is 6.54 Å². The smallest absolute Gasteiger partial charge is 0.182 e. The van der Waals surface area contributed by atoms with Crippen molar-refractivity contribution in [2.75, 3.05) is 11.9 Å². The van der Waals surface area contributed by atoms with Gasteiger partial charge in [-0.3, -0.25) is 0 Å². The lowest BCUT2D eigenvalue weighted by Crippen LogP contribution is -2.15. The van der Waals surface area contributed by atoms with E-state index in [0.717, 1.165) is 31.7 Å². The Morgan fingerprint density at radius 1 is 1.17 bits per heavy atom. The van der Waals surface area contributed by atoms with Crippen molar-refractivity contribution in [1.29, 1.82) is 0 Å². The van der Waals surface area contributed by atoms with Crippen molar-refractivity contribution in [2.24, 2.45) is 5.92 Å². The number of hydrogen-bond donors (Lipinski definition) is 1. The molecular weight excluding hydrogens is 239 g/mol. The Balaban J connectivity index is 2.61. The molecule has 0 aliphatic rings. The lowest BCUT2D eigenvalue weighted by Gasteiger charge is -2.16. The van der Waals surface area contributed by atoms with Gasteiger partial charge >= 0.3 is 0 Å². The molecule has 4 heteroatoms. The van der Waals surface area contributed by atoms with Gasteiger partial charge in [0.25, 0.3) is 0 Å². The molecule has 0 radical (unpaired) electrons. The maximum Gasteiger partial charge on any atom is 0.182 e. The molecule has 0 spiro atoms. The Kier molecular flexibility index (Phi) is 6.02. The van der Waals surface area contributed by atoms with E-state index in [4.69, 9.17) is 0 Å². The Bertz CT molecular complexity index is 380. The highest BCUT2D eigenvalue weighted by Gasteiger charge is 2.12. The zero-order valence-corrected chi connectivity index (χ0v) is 10.9. The van der Waals surface area contributed by atoms with E-state index in [1.807, 2.05) is 0 Å². The van der Waals surface area contributed by atoms with E-state index in [9.17, 15) is 13.2 Å². The Labute approximate surface area is 106 Å². The Hall–Kier alpha value is -1.19. The fourth-order valence-electron chi connectivity index (χ4n) is 1.88. The van der Waals surface area contributed by atoms with Crippen molar-refractivity contribution < 1.29 is 13.2 Å². The summed E-state index contributed by atoms with van der Waals surface area (Å²) in [5.74, 6) is -2.53. The van der Waals surface area contributed by atoms with E-state index in [2.05, 4.69) is 19.2 Å². The van der Waals surface area contributed by atoms with Crippen LogP contribution < -0.4 is 5.32 Å². The van der Waals surface area contributed by atoms with Gasteiger partial charge in [0.2, 0.25) is 0 Å². The van der Waals surface area contributed by atoms with Crippen LogP contribution in [0.3, 0.4) is 0 Å². The Morgan fingerprint density at radius 2 is 1.89 bits per heavy atom. The van der Waals surface area contributed by atoms with Crippen LogP contribution in [0.25, 0.3) is 0 Å². The number of halogens is 3. The average molecular weight is 259 g/mol. The summed E-state index contributed by atoms with van der Waals surface area (Å²) in [5.41, 5.74) is -0.0950. The molecule has 1 N–H and O–H groups in total. The lowest BCUT2D eigenvalue weighted by atomic mass is 9.99. The standard InChI is InChI=1S/C14H20F3N/c1-3-5-6-10(4-2)9-18-13-8-11(15)7-12(16)14(13)17/h7-8,10,18H,3-6,9H2,1-2H3. The molecule has 0 amide bonds. The maximum atomic E-state index is 13.4. The van der Waals surface area contributed by atoms with Crippen molar-refractivity contribution in [1.82, 2.24) is 0 Å². The third-order valence-corrected chi connectivity index (χ3v) is 3.12. The summed E-state index contributed by atoms with van der Waals surface area (Å²) >= 11 is 0. The van der Waals surface area contributed by atoms with Crippen molar-refractivity contribution in [3.63, 3.8) is 0 Å². The summed E-state index contributed by atoms with van der Waals surface area (Å²) in [5, 5.41) is 2.80. The third kappa shape index (κ3) is 4.24. The molecule has 1 nitrogen and oxygen atoms in total. The summed E-state index contributed by atoms with van der Waals surface area (Å²) in [6, 6.07) is 1.54. The number of hydrogen-bond acceptors (Lipinski definition) is 1. The zero-order chi connectivity index (χ0) is 13.5. The second-order valence-corrected chi connectivity index (χ2v) is 4.55. The number of nitrogens with one attached hydrogen (secondary N) is 1. The molecule has 0 aliphatic heterocycles. The minimum atomic E-state index is -1.15. The number of rotatable bonds is 7. The van der Waals surface area contributed by atoms with Gasteiger partial charge in [0.1, 0.15) is 5.82 Å². The number of anilines is 1. The molecule has 0 bridgehead atoms. The molecule has 0 saturated carbocycles. The van der Waals surface area contributed by atoms with Gasteiger partial charge in [-0.2, -0.15) is 0 Å². The van der Waals surface area contributed by atoms with Gasteiger partial charge in [-0.05, 0) is 12.3 Å². The summed E-state index contributed by atoms with van der Waals surface area (Å²) in [7, 11) is 0. The Morgan fingerprint density at radius 3 is 2.50 bits per heavy atom. The van der Waals surface area contributed by atoms with Crippen LogP contribution >= 0.6 is 0 Å². The van der Waals surface area contributed by atoms with Gasteiger partial charge in [0.15, 0.2) is 11.6 Å². The molecule has 1 unspecified atom stereocenters. The molecule has 0 fully saturated rings. The molecule has 102 valence electrons. The summed E-state index contributed by atoms with van der Waals surface area (Å²) < 4.78 is 39.3. The molecule has 18 heavy (non-hydrogen) atoms. The first-order valence-corrected chi connectivity index (χ1v) is 6.46. The SMILES string of the molecule is CCCCC(CC)CNc1cc(F)cc(F)c1F. The molecule has 1 aromatic carbocycles. The van der Waals surface area contributed by atoms with Crippen LogP contribution in [0.2, 0.25) is 0 Å². The average Bonchev–Trinajstić information content (AvgIpc) is 2.35. The first-order valence-electron chi connectivity index (χ1n) is 6.46. The van der Waals surface area contributed by atoms with Crippen LogP contribution in [0.1, 0.15) is 39.5 Å². The fraction of sp³-hybridized carbons (Fsp3) is 0.571. The van der Waals surface area contributed by atoms with E-state index in [1.165, 1.54) is 0 Å². The van der Waals surface area contributed by atoms with E-state index in [-0.39, 0.29) is 5.69 Å². The van der Waals surface area contributed by atoms with Gasteiger partial charge in [-0.15, -0.1) is 0 Å². The number of benzene rings is 1. The topological polar surface area (TPSA) is 12.0 Å². The normalized spacial score (nSPS) is 12.5. The number of unbranched alkanes of at least 4 members (excludes halogenated alkanes) is 1. The van der Waals surface area contributed by atoms with E-state index in [1.54, 1.807) is 0 Å². The van der Waals surface area contributed by atoms with Gasteiger partial charge in [-0.25, -0.2) is 13.2 Å². The molecule has 1 aromatic rings. The minimum absolute atomic E-state index is 0.0950. The van der Waals surface area contributed by atoms with Crippen molar-refractivity contribution in [2.45, 2.75) is 39.5 Å². The van der Waals surface area contributed by atoms with Gasteiger partial charge in [0.05, 0.1) is 5.69 Å². The van der Waals surface area contributed by atoms with E-state index < -0.39 is 17.5 Å². The molecule has 0 heterocycles. The zero-order valence-electron chi connectivity index (χ0n) is 10.9. The first kappa shape index (κ1) is 14.9. The van der Waals surface area contributed by atoms with Crippen LogP contribution in [0, 0.1) is 23.4 Å². The van der Waals surface area contributed by atoms with Crippen LogP contribution in [-0.2, 0) is 0 Å². The second kappa shape index (κ2) is 7.29.